The Morgan fingerprint density at radius 1 is 0.885 bits per heavy atom. The zero-order valence-corrected chi connectivity index (χ0v) is 15.0. The van der Waals surface area contributed by atoms with E-state index in [-0.39, 0.29) is 12.5 Å². The molecule has 3 aromatic carbocycles. The van der Waals surface area contributed by atoms with Crippen molar-refractivity contribution in [3.8, 4) is 17.2 Å². The van der Waals surface area contributed by atoms with Crippen LogP contribution in [0.25, 0.3) is 0 Å². The van der Waals surface area contributed by atoms with Gasteiger partial charge in [0.05, 0.1) is 10.7 Å². The van der Waals surface area contributed by atoms with Crippen molar-refractivity contribution in [1.29, 1.82) is 0 Å². The fourth-order valence-corrected chi connectivity index (χ4v) is 2.43. The maximum absolute atomic E-state index is 12.0. The number of para-hydroxylation sites is 1. The second kappa shape index (κ2) is 8.41. The molecule has 0 saturated carbocycles. The summed E-state index contributed by atoms with van der Waals surface area (Å²) in [5, 5.41) is 3.19. The molecule has 1 N–H and O–H groups in total. The average molecular weight is 368 g/mol. The molecule has 3 rings (SSSR count). The molecule has 0 aliphatic rings. The SMILES string of the molecule is Cc1ccc(Oc2ccc(OCC(=O)Nc3ccccc3Cl)cc2)cc1. The van der Waals surface area contributed by atoms with E-state index in [0.29, 0.717) is 22.2 Å². The number of hydrogen-bond donors (Lipinski definition) is 1. The van der Waals surface area contributed by atoms with E-state index >= 15 is 0 Å². The zero-order valence-electron chi connectivity index (χ0n) is 14.2. The monoisotopic (exact) mass is 367 g/mol. The lowest BCUT2D eigenvalue weighted by Gasteiger charge is -2.10. The molecule has 0 aliphatic carbocycles. The van der Waals surface area contributed by atoms with E-state index in [0.717, 1.165) is 5.75 Å². The summed E-state index contributed by atoms with van der Waals surface area (Å²) in [4.78, 5) is 12.0. The number of amides is 1. The maximum Gasteiger partial charge on any atom is 0.262 e. The zero-order chi connectivity index (χ0) is 18.4. The van der Waals surface area contributed by atoms with E-state index in [1.54, 1.807) is 48.5 Å². The third-order valence-electron chi connectivity index (χ3n) is 3.60. The number of anilines is 1. The lowest BCUT2D eigenvalue weighted by Crippen LogP contribution is -2.20. The molecule has 0 spiro atoms. The summed E-state index contributed by atoms with van der Waals surface area (Å²) in [6.07, 6.45) is 0. The van der Waals surface area contributed by atoms with Crippen LogP contribution in [0.15, 0.2) is 72.8 Å². The summed E-state index contributed by atoms with van der Waals surface area (Å²) in [6.45, 7) is 1.92. The minimum atomic E-state index is -0.280. The molecule has 0 aliphatic heterocycles. The predicted molar refractivity (Wildman–Crippen MR) is 103 cm³/mol. The fourth-order valence-electron chi connectivity index (χ4n) is 2.24. The molecule has 0 unspecified atom stereocenters. The van der Waals surface area contributed by atoms with Crippen molar-refractivity contribution in [3.63, 3.8) is 0 Å². The van der Waals surface area contributed by atoms with Crippen LogP contribution in [0, 0.1) is 6.92 Å². The molecule has 4 nitrogen and oxygen atoms in total. The third-order valence-corrected chi connectivity index (χ3v) is 3.93. The first-order valence-corrected chi connectivity index (χ1v) is 8.50. The second-order valence-electron chi connectivity index (χ2n) is 5.70. The Morgan fingerprint density at radius 2 is 1.46 bits per heavy atom. The molecule has 0 fully saturated rings. The van der Waals surface area contributed by atoms with Gasteiger partial charge in [0.1, 0.15) is 17.2 Å². The van der Waals surface area contributed by atoms with Crippen LogP contribution in [0.2, 0.25) is 5.02 Å². The van der Waals surface area contributed by atoms with E-state index in [2.05, 4.69) is 5.32 Å². The maximum atomic E-state index is 12.0. The lowest BCUT2D eigenvalue weighted by molar-refractivity contribution is -0.118. The van der Waals surface area contributed by atoms with Gasteiger partial charge in [0.2, 0.25) is 0 Å². The van der Waals surface area contributed by atoms with Gasteiger partial charge in [-0.3, -0.25) is 4.79 Å². The molecule has 132 valence electrons. The summed E-state index contributed by atoms with van der Waals surface area (Å²) in [5.74, 6) is 1.76. The highest BCUT2D eigenvalue weighted by Gasteiger charge is 2.06. The van der Waals surface area contributed by atoms with Crippen LogP contribution in [0.4, 0.5) is 5.69 Å². The standard InChI is InChI=1S/C21H18ClNO3/c1-15-6-8-17(9-7-15)26-18-12-10-16(11-13-18)25-14-21(24)23-20-5-3-2-4-19(20)22/h2-13H,14H2,1H3,(H,23,24). The van der Waals surface area contributed by atoms with Crippen molar-refractivity contribution in [1.82, 2.24) is 0 Å². The van der Waals surface area contributed by atoms with Crippen molar-refractivity contribution < 1.29 is 14.3 Å². The molecule has 0 radical (unpaired) electrons. The quantitative estimate of drug-likeness (QED) is 0.629. The van der Waals surface area contributed by atoms with Gasteiger partial charge in [-0.1, -0.05) is 41.4 Å². The number of benzene rings is 3. The number of carbonyl (C=O) groups is 1. The number of halogens is 1. The van der Waals surface area contributed by atoms with Crippen molar-refractivity contribution >= 4 is 23.2 Å². The smallest absolute Gasteiger partial charge is 0.262 e. The summed E-state index contributed by atoms with van der Waals surface area (Å²) >= 11 is 6.01. The van der Waals surface area contributed by atoms with Gasteiger partial charge in [-0.05, 0) is 55.5 Å². The minimum absolute atomic E-state index is 0.108. The van der Waals surface area contributed by atoms with Gasteiger partial charge >= 0.3 is 0 Å². The highest BCUT2D eigenvalue weighted by molar-refractivity contribution is 6.33. The fraction of sp³-hybridized carbons (Fsp3) is 0.0952. The molecule has 0 heterocycles. The molecule has 1 amide bonds. The largest absolute Gasteiger partial charge is 0.484 e. The Hall–Kier alpha value is -2.98. The van der Waals surface area contributed by atoms with Crippen LogP contribution in [0.3, 0.4) is 0 Å². The number of carbonyl (C=O) groups excluding carboxylic acids is 1. The van der Waals surface area contributed by atoms with Crippen LogP contribution < -0.4 is 14.8 Å². The van der Waals surface area contributed by atoms with Gasteiger partial charge in [0.25, 0.3) is 5.91 Å². The van der Waals surface area contributed by atoms with Crippen LogP contribution in [-0.4, -0.2) is 12.5 Å². The Bertz CT molecular complexity index is 877. The van der Waals surface area contributed by atoms with E-state index in [4.69, 9.17) is 21.1 Å². The third kappa shape index (κ3) is 5.01. The second-order valence-corrected chi connectivity index (χ2v) is 6.11. The highest BCUT2D eigenvalue weighted by atomic mass is 35.5. The molecule has 3 aromatic rings. The predicted octanol–water partition coefficient (Wildman–Crippen LogP) is 5.46. The lowest BCUT2D eigenvalue weighted by atomic mass is 10.2. The van der Waals surface area contributed by atoms with Crippen LogP contribution in [-0.2, 0) is 4.79 Å². The minimum Gasteiger partial charge on any atom is -0.484 e. The Morgan fingerprint density at radius 3 is 2.12 bits per heavy atom. The average Bonchev–Trinajstić information content (AvgIpc) is 2.65. The molecule has 0 atom stereocenters. The van der Waals surface area contributed by atoms with Gasteiger partial charge in [-0.2, -0.15) is 0 Å². The topological polar surface area (TPSA) is 47.6 Å². The molecular formula is C21H18ClNO3. The molecule has 0 bridgehead atoms. The van der Waals surface area contributed by atoms with Gasteiger partial charge in [0.15, 0.2) is 6.61 Å². The summed E-state index contributed by atoms with van der Waals surface area (Å²) in [6, 6.07) is 22.0. The number of aryl methyl sites for hydroxylation is 1. The first kappa shape index (κ1) is 17.8. The van der Waals surface area contributed by atoms with Crippen LogP contribution in [0.1, 0.15) is 5.56 Å². The molecule has 5 heteroatoms. The normalized spacial score (nSPS) is 10.2. The van der Waals surface area contributed by atoms with E-state index in [1.807, 2.05) is 31.2 Å². The summed E-state index contributed by atoms with van der Waals surface area (Å²) in [5.41, 5.74) is 1.74. The van der Waals surface area contributed by atoms with Crippen LogP contribution >= 0.6 is 11.6 Å². The van der Waals surface area contributed by atoms with Gasteiger partial charge < -0.3 is 14.8 Å². The van der Waals surface area contributed by atoms with Gasteiger partial charge in [-0.15, -0.1) is 0 Å². The van der Waals surface area contributed by atoms with Crippen molar-refractivity contribution in [2.24, 2.45) is 0 Å². The number of ether oxygens (including phenoxy) is 2. The molecule has 0 saturated heterocycles. The van der Waals surface area contributed by atoms with Crippen molar-refractivity contribution in [3.05, 3.63) is 83.4 Å². The highest BCUT2D eigenvalue weighted by Crippen LogP contribution is 2.24. The summed E-state index contributed by atoms with van der Waals surface area (Å²) in [7, 11) is 0. The van der Waals surface area contributed by atoms with Crippen molar-refractivity contribution in [2.75, 3.05) is 11.9 Å². The Labute approximate surface area is 157 Å². The van der Waals surface area contributed by atoms with E-state index < -0.39 is 0 Å². The van der Waals surface area contributed by atoms with Gasteiger partial charge in [0, 0.05) is 0 Å². The number of rotatable bonds is 6. The van der Waals surface area contributed by atoms with E-state index in [9.17, 15) is 4.79 Å². The molecular weight excluding hydrogens is 350 g/mol. The number of hydrogen-bond acceptors (Lipinski definition) is 3. The molecule has 0 aromatic heterocycles. The Balaban J connectivity index is 1.52. The van der Waals surface area contributed by atoms with Gasteiger partial charge in [-0.25, -0.2) is 0 Å². The van der Waals surface area contributed by atoms with E-state index in [1.165, 1.54) is 5.56 Å². The number of nitrogens with one attached hydrogen (secondary N) is 1. The summed E-state index contributed by atoms with van der Waals surface area (Å²) < 4.78 is 11.2. The first-order chi connectivity index (χ1) is 12.6. The van der Waals surface area contributed by atoms with Crippen LogP contribution in [0.5, 0.6) is 17.2 Å². The van der Waals surface area contributed by atoms with Crippen molar-refractivity contribution in [2.45, 2.75) is 6.92 Å². The first-order valence-electron chi connectivity index (χ1n) is 8.12. The Kier molecular flexibility index (Phi) is 5.77. The molecule has 26 heavy (non-hydrogen) atoms.